The van der Waals surface area contributed by atoms with Gasteiger partial charge in [0.15, 0.2) is 5.82 Å². The zero-order valence-electron chi connectivity index (χ0n) is 29.3. The molecule has 0 fully saturated rings. The zero-order chi connectivity index (χ0) is 35.6. The van der Waals surface area contributed by atoms with Crippen LogP contribution in [0.1, 0.15) is 22.3 Å². The molecule has 11 rings (SSSR count). The van der Waals surface area contributed by atoms with Crippen LogP contribution in [0.2, 0.25) is 0 Å². The number of aromatic nitrogens is 2. The highest BCUT2D eigenvalue weighted by atomic mass is 16.3. The second-order valence-corrected chi connectivity index (χ2v) is 14.1. The van der Waals surface area contributed by atoms with E-state index >= 15 is 0 Å². The van der Waals surface area contributed by atoms with Gasteiger partial charge in [0.1, 0.15) is 11.2 Å². The van der Waals surface area contributed by atoms with Crippen molar-refractivity contribution in [3.63, 3.8) is 0 Å². The van der Waals surface area contributed by atoms with E-state index in [-0.39, 0.29) is 0 Å². The molecule has 1 aliphatic carbocycles. The molecule has 2 aromatic heterocycles. The van der Waals surface area contributed by atoms with Crippen LogP contribution in [0.15, 0.2) is 199 Å². The number of furan rings is 1. The molecule has 0 amide bonds. The van der Waals surface area contributed by atoms with Crippen LogP contribution in [-0.4, -0.2) is 9.97 Å². The number of para-hydroxylation sites is 1. The van der Waals surface area contributed by atoms with Crippen LogP contribution in [-0.2, 0) is 5.41 Å². The summed E-state index contributed by atoms with van der Waals surface area (Å²) in [6.45, 7) is 0. The molecular weight excluding hydrogens is 657 g/mol. The van der Waals surface area contributed by atoms with Gasteiger partial charge >= 0.3 is 0 Å². The summed E-state index contributed by atoms with van der Waals surface area (Å²) >= 11 is 0. The Balaban J connectivity index is 1.20. The first kappa shape index (κ1) is 30.5. The SMILES string of the molecule is c1ccc(C2(c3ccccc3)c3ccccc3-c3ccc(-c4cc(-c5cccc6oc7ccccc7c56)nc(-c5cccc6ccccc56)n4)cc32)cc1. The molecule has 54 heavy (non-hydrogen) atoms. The van der Waals surface area contributed by atoms with Gasteiger partial charge in [0.25, 0.3) is 0 Å². The lowest BCUT2D eigenvalue weighted by Gasteiger charge is -2.34. The predicted molar refractivity (Wildman–Crippen MR) is 220 cm³/mol. The third-order valence-corrected chi connectivity index (χ3v) is 11.2. The normalized spacial score (nSPS) is 13.0. The summed E-state index contributed by atoms with van der Waals surface area (Å²) in [5, 5.41) is 4.39. The van der Waals surface area contributed by atoms with E-state index in [1.807, 2.05) is 18.2 Å². The average Bonchev–Trinajstić information content (AvgIpc) is 3.78. The fourth-order valence-corrected chi connectivity index (χ4v) is 8.87. The van der Waals surface area contributed by atoms with Crippen LogP contribution >= 0.6 is 0 Å². The summed E-state index contributed by atoms with van der Waals surface area (Å²) < 4.78 is 6.35. The van der Waals surface area contributed by atoms with Crippen molar-refractivity contribution < 1.29 is 4.42 Å². The fourth-order valence-electron chi connectivity index (χ4n) is 8.87. The molecule has 3 heteroatoms. The van der Waals surface area contributed by atoms with Crippen molar-refractivity contribution in [2.75, 3.05) is 0 Å². The third kappa shape index (κ3) is 4.49. The molecule has 0 unspecified atom stereocenters. The number of hydrogen-bond donors (Lipinski definition) is 0. The monoisotopic (exact) mass is 688 g/mol. The molecule has 0 aliphatic heterocycles. The number of fused-ring (bicyclic) bond motifs is 7. The van der Waals surface area contributed by atoms with Gasteiger partial charge in [0, 0.05) is 27.5 Å². The van der Waals surface area contributed by atoms with Crippen LogP contribution in [0.4, 0.5) is 0 Å². The molecule has 1 aliphatic rings. The summed E-state index contributed by atoms with van der Waals surface area (Å²) in [7, 11) is 0. The number of nitrogens with zero attached hydrogens (tertiary/aromatic N) is 2. The predicted octanol–water partition coefficient (Wildman–Crippen LogP) is 12.9. The van der Waals surface area contributed by atoms with Gasteiger partial charge in [0.2, 0.25) is 0 Å². The second kappa shape index (κ2) is 12.0. The van der Waals surface area contributed by atoms with Crippen molar-refractivity contribution in [1.82, 2.24) is 9.97 Å². The van der Waals surface area contributed by atoms with E-state index in [1.54, 1.807) is 0 Å². The maximum atomic E-state index is 6.35. The van der Waals surface area contributed by atoms with Crippen molar-refractivity contribution in [2.45, 2.75) is 5.41 Å². The van der Waals surface area contributed by atoms with Gasteiger partial charge in [0.05, 0.1) is 16.8 Å². The third-order valence-electron chi connectivity index (χ3n) is 11.2. The molecule has 0 atom stereocenters. The standard InChI is InChI=1S/C51H32N2O/c1-3-17-35(18-4-1)51(36-19-5-2-6-20-36)43-26-11-9-22-38(43)39-30-29-34(31-44(39)51)45-32-46(41-25-14-28-48-49(41)42-23-10-12-27-47(42)54-48)53-50(52-45)40-24-13-16-33-15-7-8-21-37(33)40/h1-32H. The van der Waals surface area contributed by atoms with Gasteiger partial charge in [-0.3, -0.25) is 0 Å². The average molecular weight is 689 g/mol. The molecule has 0 saturated heterocycles. The molecule has 0 spiro atoms. The van der Waals surface area contributed by atoms with E-state index < -0.39 is 5.41 Å². The summed E-state index contributed by atoms with van der Waals surface area (Å²) in [6.07, 6.45) is 0. The van der Waals surface area contributed by atoms with Crippen molar-refractivity contribution in [3.05, 3.63) is 216 Å². The lowest BCUT2D eigenvalue weighted by Crippen LogP contribution is -2.28. The van der Waals surface area contributed by atoms with E-state index in [4.69, 9.17) is 14.4 Å². The van der Waals surface area contributed by atoms with Crippen LogP contribution < -0.4 is 0 Å². The Morgan fingerprint density at radius 1 is 0.389 bits per heavy atom. The molecule has 0 saturated carbocycles. The van der Waals surface area contributed by atoms with Gasteiger partial charge < -0.3 is 4.42 Å². The Morgan fingerprint density at radius 3 is 1.81 bits per heavy atom. The minimum Gasteiger partial charge on any atom is -0.456 e. The smallest absolute Gasteiger partial charge is 0.161 e. The minimum absolute atomic E-state index is 0.514. The molecule has 10 aromatic rings. The number of rotatable bonds is 5. The van der Waals surface area contributed by atoms with Crippen molar-refractivity contribution in [2.24, 2.45) is 0 Å². The summed E-state index contributed by atoms with van der Waals surface area (Å²) in [4.78, 5) is 10.8. The first-order chi connectivity index (χ1) is 26.8. The largest absolute Gasteiger partial charge is 0.456 e. The minimum atomic E-state index is -0.514. The maximum absolute atomic E-state index is 6.35. The van der Waals surface area contributed by atoms with Crippen molar-refractivity contribution >= 4 is 32.7 Å². The summed E-state index contributed by atoms with van der Waals surface area (Å²) in [5.74, 6) is 0.685. The lowest BCUT2D eigenvalue weighted by molar-refractivity contribution is 0.669. The van der Waals surface area contributed by atoms with Crippen LogP contribution in [0.5, 0.6) is 0 Å². The fraction of sp³-hybridized carbons (Fsp3) is 0.0196. The second-order valence-electron chi connectivity index (χ2n) is 14.1. The molecule has 0 bridgehead atoms. The maximum Gasteiger partial charge on any atom is 0.161 e. The Kier molecular flexibility index (Phi) is 6.77. The molecule has 8 aromatic carbocycles. The highest BCUT2D eigenvalue weighted by Gasteiger charge is 2.46. The molecule has 0 N–H and O–H groups in total. The Hall–Kier alpha value is -7.10. The van der Waals surface area contributed by atoms with Gasteiger partial charge in [-0.1, -0.05) is 170 Å². The van der Waals surface area contributed by atoms with E-state index in [2.05, 4.69) is 176 Å². The number of hydrogen-bond acceptors (Lipinski definition) is 3. The van der Waals surface area contributed by atoms with Crippen LogP contribution in [0, 0.1) is 0 Å². The van der Waals surface area contributed by atoms with Crippen LogP contribution in [0.25, 0.3) is 77.7 Å². The first-order valence-electron chi connectivity index (χ1n) is 18.4. The van der Waals surface area contributed by atoms with Crippen molar-refractivity contribution in [3.8, 4) is 45.0 Å². The Morgan fingerprint density at radius 2 is 0.981 bits per heavy atom. The van der Waals surface area contributed by atoms with Gasteiger partial charge in [-0.15, -0.1) is 0 Å². The topological polar surface area (TPSA) is 38.9 Å². The summed E-state index contributed by atoms with van der Waals surface area (Å²) in [5.41, 5.74) is 13.4. The molecule has 0 radical (unpaired) electrons. The van der Waals surface area contributed by atoms with Gasteiger partial charge in [-0.05, 0) is 68.4 Å². The summed E-state index contributed by atoms with van der Waals surface area (Å²) in [6, 6.07) is 69.1. The lowest BCUT2D eigenvalue weighted by atomic mass is 9.67. The highest BCUT2D eigenvalue weighted by molar-refractivity contribution is 6.12. The molecular formula is C51H32N2O. The van der Waals surface area contributed by atoms with E-state index in [0.29, 0.717) is 5.82 Å². The number of benzene rings is 8. The van der Waals surface area contributed by atoms with Crippen LogP contribution in [0.3, 0.4) is 0 Å². The Labute approximate surface area is 312 Å². The van der Waals surface area contributed by atoms with E-state index in [9.17, 15) is 0 Å². The van der Waals surface area contributed by atoms with Crippen molar-refractivity contribution in [1.29, 1.82) is 0 Å². The highest BCUT2D eigenvalue weighted by Crippen LogP contribution is 2.56. The quantitative estimate of drug-likeness (QED) is 0.181. The molecule has 3 nitrogen and oxygen atoms in total. The Bertz CT molecular complexity index is 3010. The van der Waals surface area contributed by atoms with Gasteiger partial charge in [-0.2, -0.15) is 0 Å². The molecule has 2 heterocycles. The van der Waals surface area contributed by atoms with E-state index in [0.717, 1.165) is 60.8 Å². The molecule has 252 valence electrons. The van der Waals surface area contributed by atoms with Gasteiger partial charge in [-0.25, -0.2) is 9.97 Å². The first-order valence-corrected chi connectivity index (χ1v) is 18.4. The van der Waals surface area contributed by atoms with E-state index in [1.165, 1.54) is 33.4 Å². The zero-order valence-corrected chi connectivity index (χ0v) is 29.3.